The summed E-state index contributed by atoms with van der Waals surface area (Å²) in [4.78, 5) is 33.0. The molecular weight excluding hydrogens is 386 g/mol. The summed E-state index contributed by atoms with van der Waals surface area (Å²) in [5, 5.41) is 7.13. The lowest BCUT2D eigenvalue weighted by Gasteiger charge is -2.14. The van der Waals surface area contributed by atoms with Gasteiger partial charge in [-0.05, 0) is 45.0 Å². The van der Waals surface area contributed by atoms with Gasteiger partial charge in [0, 0.05) is 16.4 Å². The largest absolute Gasteiger partial charge is 0.495 e. The molecule has 1 atom stereocenters. The monoisotopic (exact) mass is 403 g/mol. The van der Waals surface area contributed by atoms with Crippen molar-refractivity contribution in [3.63, 3.8) is 0 Å². The number of nitrogens with zero attached hydrogens (tertiary/aromatic N) is 4. The number of aryl methyl sites for hydroxylation is 2. The van der Waals surface area contributed by atoms with Crippen molar-refractivity contribution in [2.75, 3.05) is 12.4 Å². The number of hydrogen-bond donors (Lipinski definition) is 1. The molecule has 3 rings (SSSR count). The first-order valence-electron chi connectivity index (χ1n) is 8.35. The van der Waals surface area contributed by atoms with Gasteiger partial charge < -0.3 is 14.8 Å². The Hall–Kier alpha value is -3.20. The summed E-state index contributed by atoms with van der Waals surface area (Å²) in [7, 11) is 1.47. The molecule has 0 aliphatic heterocycles. The standard InChI is InChI=1S/C18H18ClN5O4/c1-9-7-10(2)24-18(20-9)22-15(23-24)17(26)28-11(3)16(25)21-13-8-12(19)5-6-14(13)27-4/h5-8,11H,1-4H3,(H,21,25)/t11-/m0/s1. The molecule has 1 amide bonds. The van der Waals surface area contributed by atoms with E-state index in [2.05, 4.69) is 20.4 Å². The van der Waals surface area contributed by atoms with Gasteiger partial charge in [0.2, 0.25) is 0 Å². The normalized spacial score (nSPS) is 11.9. The van der Waals surface area contributed by atoms with E-state index in [4.69, 9.17) is 21.1 Å². The molecule has 9 nitrogen and oxygen atoms in total. The molecule has 0 saturated heterocycles. The molecule has 0 aliphatic carbocycles. The summed E-state index contributed by atoms with van der Waals surface area (Å²) in [6.45, 7) is 5.07. The summed E-state index contributed by atoms with van der Waals surface area (Å²) in [6.07, 6.45) is -1.10. The zero-order chi connectivity index (χ0) is 20.4. The fourth-order valence-electron chi connectivity index (χ4n) is 2.53. The summed E-state index contributed by atoms with van der Waals surface area (Å²) in [5.74, 6) is -0.854. The first kappa shape index (κ1) is 19.6. The lowest BCUT2D eigenvalue weighted by molar-refractivity contribution is -0.123. The third-order valence-corrected chi connectivity index (χ3v) is 4.11. The number of fused-ring (bicyclic) bond motifs is 1. The van der Waals surface area contributed by atoms with Gasteiger partial charge in [0.25, 0.3) is 17.5 Å². The molecule has 1 N–H and O–H groups in total. The number of halogens is 1. The maximum Gasteiger partial charge on any atom is 0.379 e. The molecule has 2 heterocycles. The van der Waals surface area contributed by atoms with Crippen LogP contribution in [0.1, 0.15) is 28.9 Å². The smallest absolute Gasteiger partial charge is 0.379 e. The molecule has 0 unspecified atom stereocenters. The van der Waals surface area contributed by atoms with Gasteiger partial charge >= 0.3 is 5.97 Å². The first-order valence-corrected chi connectivity index (χ1v) is 8.72. The highest BCUT2D eigenvalue weighted by Gasteiger charge is 2.23. The molecule has 0 fully saturated rings. The van der Waals surface area contributed by atoms with Crippen LogP contribution in [0.15, 0.2) is 24.3 Å². The second kappa shape index (κ2) is 7.81. The zero-order valence-corrected chi connectivity index (χ0v) is 16.4. The van der Waals surface area contributed by atoms with Crippen molar-refractivity contribution in [1.29, 1.82) is 0 Å². The van der Waals surface area contributed by atoms with Crippen LogP contribution in [0.3, 0.4) is 0 Å². The van der Waals surface area contributed by atoms with Crippen molar-refractivity contribution in [2.45, 2.75) is 26.9 Å². The Kier molecular flexibility index (Phi) is 5.46. The molecule has 2 aromatic heterocycles. The average molecular weight is 404 g/mol. The Bertz CT molecular complexity index is 1070. The molecule has 3 aromatic rings. The van der Waals surface area contributed by atoms with Crippen LogP contribution in [0.5, 0.6) is 5.75 Å². The number of hydrogen-bond acceptors (Lipinski definition) is 7. The van der Waals surface area contributed by atoms with E-state index < -0.39 is 18.0 Å². The van der Waals surface area contributed by atoms with E-state index in [0.717, 1.165) is 11.4 Å². The summed E-state index contributed by atoms with van der Waals surface area (Å²) >= 11 is 5.95. The fraction of sp³-hybridized carbons (Fsp3) is 0.278. The predicted molar refractivity (Wildman–Crippen MR) is 102 cm³/mol. The van der Waals surface area contributed by atoms with Crippen LogP contribution in [0, 0.1) is 13.8 Å². The van der Waals surface area contributed by atoms with Crippen molar-refractivity contribution in [2.24, 2.45) is 0 Å². The maximum atomic E-state index is 12.4. The second-order valence-corrected chi connectivity index (χ2v) is 6.50. The Morgan fingerprint density at radius 2 is 1.96 bits per heavy atom. The van der Waals surface area contributed by atoms with E-state index in [1.54, 1.807) is 12.1 Å². The third kappa shape index (κ3) is 4.04. The van der Waals surface area contributed by atoms with Crippen molar-refractivity contribution in [3.8, 4) is 5.75 Å². The van der Waals surface area contributed by atoms with Crippen LogP contribution < -0.4 is 10.1 Å². The van der Waals surface area contributed by atoms with Gasteiger partial charge in [-0.3, -0.25) is 4.79 Å². The van der Waals surface area contributed by atoms with Crippen LogP contribution in [0.25, 0.3) is 5.78 Å². The number of esters is 1. The van der Waals surface area contributed by atoms with Crippen LogP contribution in [0.2, 0.25) is 5.02 Å². The summed E-state index contributed by atoms with van der Waals surface area (Å²) in [6, 6.07) is 6.59. The van der Waals surface area contributed by atoms with Gasteiger partial charge in [0.1, 0.15) is 5.75 Å². The molecule has 1 aromatic carbocycles. The number of nitrogens with one attached hydrogen (secondary N) is 1. The number of methoxy groups -OCH3 is 1. The van der Waals surface area contributed by atoms with Crippen molar-refractivity contribution < 1.29 is 19.1 Å². The number of aromatic nitrogens is 4. The SMILES string of the molecule is COc1ccc(Cl)cc1NC(=O)[C@H](C)OC(=O)c1nc2nc(C)cc(C)n2n1. The molecule has 0 aliphatic rings. The molecule has 0 bridgehead atoms. The van der Waals surface area contributed by atoms with Crippen LogP contribution in [-0.4, -0.2) is 44.7 Å². The van der Waals surface area contributed by atoms with Crippen molar-refractivity contribution >= 4 is 34.9 Å². The first-order chi connectivity index (χ1) is 13.3. The molecule has 10 heteroatoms. The molecule has 28 heavy (non-hydrogen) atoms. The Morgan fingerprint density at radius 3 is 2.68 bits per heavy atom. The lowest BCUT2D eigenvalue weighted by Crippen LogP contribution is -2.30. The fourth-order valence-corrected chi connectivity index (χ4v) is 2.70. The topological polar surface area (TPSA) is 108 Å². The van der Waals surface area contributed by atoms with Crippen molar-refractivity contribution in [3.05, 3.63) is 46.5 Å². The van der Waals surface area contributed by atoms with E-state index in [1.165, 1.54) is 24.6 Å². The van der Waals surface area contributed by atoms with E-state index in [-0.39, 0.29) is 11.6 Å². The molecule has 146 valence electrons. The third-order valence-electron chi connectivity index (χ3n) is 3.87. The van der Waals surface area contributed by atoms with Crippen LogP contribution >= 0.6 is 11.6 Å². The Labute approximate surface area is 165 Å². The highest BCUT2D eigenvalue weighted by atomic mass is 35.5. The summed E-state index contributed by atoms with van der Waals surface area (Å²) < 4.78 is 11.8. The maximum absolute atomic E-state index is 12.4. The number of benzene rings is 1. The lowest BCUT2D eigenvalue weighted by atomic mass is 10.2. The van der Waals surface area contributed by atoms with Crippen LogP contribution in [-0.2, 0) is 9.53 Å². The van der Waals surface area contributed by atoms with Gasteiger partial charge in [0.05, 0.1) is 12.8 Å². The van der Waals surface area contributed by atoms with E-state index in [9.17, 15) is 9.59 Å². The van der Waals surface area contributed by atoms with Crippen molar-refractivity contribution in [1.82, 2.24) is 19.6 Å². The number of carbonyl (C=O) groups is 2. The zero-order valence-electron chi connectivity index (χ0n) is 15.7. The number of rotatable bonds is 5. The molecular formula is C18H18ClN5O4. The quantitative estimate of drug-likeness (QED) is 0.652. The van der Waals surface area contributed by atoms with Gasteiger partial charge in [-0.2, -0.15) is 4.98 Å². The Morgan fingerprint density at radius 1 is 1.21 bits per heavy atom. The van der Waals surface area contributed by atoms with Gasteiger partial charge in [-0.15, -0.1) is 5.10 Å². The number of amides is 1. The summed E-state index contributed by atoms with van der Waals surface area (Å²) in [5.41, 5.74) is 1.89. The number of ether oxygens (including phenoxy) is 2. The highest BCUT2D eigenvalue weighted by Crippen LogP contribution is 2.27. The van der Waals surface area contributed by atoms with E-state index >= 15 is 0 Å². The minimum atomic E-state index is -1.10. The van der Waals surface area contributed by atoms with Gasteiger partial charge in [0.15, 0.2) is 6.10 Å². The second-order valence-electron chi connectivity index (χ2n) is 6.07. The van der Waals surface area contributed by atoms with E-state index in [1.807, 2.05) is 19.9 Å². The molecule has 0 saturated carbocycles. The number of carbonyl (C=O) groups excluding carboxylic acids is 2. The average Bonchev–Trinajstić information content (AvgIpc) is 3.06. The van der Waals surface area contributed by atoms with Gasteiger partial charge in [-0.1, -0.05) is 11.6 Å². The van der Waals surface area contributed by atoms with Gasteiger partial charge in [-0.25, -0.2) is 14.3 Å². The van der Waals surface area contributed by atoms with Crippen LogP contribution in [0.4, 0.5) is 5.69 Å². The highest BCUT2D eigenvalue weighted by molar-refractivity contribution is 6.31. The van der Waals surface area contributed by atoms with E-state index in [0.29, 0.717) is 16.5 Å². The molecule has 0 spiro atoms. The predicted octanol–water partition coefficient (Wildman–Crippen LogP) is 2.59. The minimum absolute atomic E-state index is 0.179. The molecule has 0 radical (unpaired) electrons. The Balaban J connectivity index is 1.73. The minimum Gasteiger partial charge on any atom is -0.495 e. The number of anilines is 1.